The molecule has 2 aromatic heterocycles. The Morgan fingerprint density at radius 2 is 1.08 bits per heavy atom. The number of benzene rings is 6. The van der Waals surface area contributed by atoms with Crippen molar-refractivity contribution in [1.29, 1.82) is 0 Å². The van der Waals surface area contributed by atoms with E-state index in [1.54, 1.807) is 20.5 Å². The van der Waals surface area contributed by atoms with Crippen molar-refractivity contribution >= 4 is 17.0 Å². The van der Waals surface area contributed by atoms with Crippen molar-refractivity contribution in [2.75, 3.05) is 26.1 Å². The number of anilines is 1. The molecule has 3 atom stereocenters. The van der Waals surface area contributed by atoms with Crippen LogP contribution in [-0.2, 0) is 20.6 Å². The lowest BCUT2D eigenvalue weighted by Gasteiger charge is -2.37. The molecule has 8 aromatic rings. The summed E-state index contributed by atoms with van der Waals surface area (Å²) in [5.41, 5.74) is 5.04. The number of nitrogens with one attached hydrogen (secondary N) is 1. The first-order chi connectivity index (χ1) is 29.5. The Bertz CT molecular complexity index is 2550. The zero-order valence-corrected chi connectivity index (χ0v) is 33.3. The molecule has 300 valence electrons. The second-order valence-electron chi connectivity index (χ2n) is 14.8. The normalized spacial score (nSPS) is 16.8. The number of ether oxygens (including phenoxy) is 4. The third-order valence-electron chi connectivity index (χ3n) is 11.4. The first kappa shape index (κ1) is 38.7. The Hall–Kier alpha value is -6.85. The van der Waals surface area contributed by atoms with Crippen LogP contribution in [0, 0.1) is 0 Å². The molecule has 0 bridgehead atoms. The molecule has 3 heterocycles. The zero-order valence-electron chi connectivity index (χ0n) is 33.3. The van der Waals surface area contributed by atoms with Gasteiger partial charge in [-0.2, -0.15) is 0 Å². The molecule has 0 radical (unpaired) electrons. The van der Waals surface area contributed by atoms with E-state index in [2.05, 4.69) is 66.0 Å². The van der Waals surface area contributed by atoms with Crippen LogP contribution in [-0.4, -0.2) is 57.7 Å². The standard InChI is InChI=1S/C50H45N5O5/c1-57-41-27-23-37(24-28-41)49(35-15-7-3-8-16-35,36-17-9-4-10-18-36)54-47-46-48(52-33-51-47)55(34-53-46)45-31-43(56)44(60-45)32-59-50(38-19-11-5-12-20-38,39-21-13-6-14-22-39)40-25-29-42(58-2)30-26-40/h3-30,33-34,43-45,56H,31-32H2,1-2H3,(H,51,52,54)/t43-,44+,45+/m1/s1. The number of aliphatic hydroxyl groups is 1. The molecule has 1 aliphatic heterocycles. The van der Waals surface area contributed by atoms with Gasteiger partial charge in [0, 0.05) is 6.42 Å². The number of hydrogen-bond acceptors (Lipinski definition) is 9. The third-order valence-corrected chi connectivity index (χ3v) is 11.4. The summed E-state index contributed by atoms with van der Waals surface area (Å²) in [6, 6.07) is 56.8. The summed E-state index contributed by atoms with van der Waals surface area (Å²) in [7, 11) is 3.32. The minimum Gasteiger partial charge on any atom is -0.497 e. The Labute approximate surface area is 349 Å². The first-order valence-corrected chi connectivity index (χ1v) is 20.0. The van der Waals surface area contributed by atoms with E-state index in [1.165, 1.54) is 6.33 Å². The summed E-state index contributed by atoms with van der Waals surface area (Å²) >= 11 is 0. The van der Waals surface area contributed by atoms with Crippen LogP contribution in [0.1, 0.15) is 46.0 Å². The van der Waals surface area contributed by atoms with Crippen LogP contribution in [0.2, 0.25) is 0 Å². The number of aliphatic hydroxyl groups excluding tert-OH is 1. The Morgan fingerprint density at radius 3 is 1.60 bits per heavy atom. The number of nitrogens with zero attached hydrogens (tertiary/aromatic N) is 4. The molecular formula is C50H45N5O5. The van der Waals surface area contributed by atoms with Crippen LogP contribution < -0.4 is 14.8 Å². The van der Waals surface area contributed by atoms with Gasteiger partial charge in [-0.05, 0) is 57.6 Å². The van der Waals surface area contributed by atoms with Gasteiger partial charge in [0.1, 0.15) is 41.3 Å². The average Bonchev–Trinajstić information content (AvgIpc) is 3.93. The molecule has 0 aliphatic carbocycles. The molecule has 0 spiro atoms. The fourth-order valence-corrected chi connectivity index (χ4v) is 8.43. The van der Waals surface area contributed by atoms with E-state index < -0.39 is 29.6 Å². The molecule has 6 aromatic carbocycles. The maximum Gasteiger partial charge on any atom is 0.167 e. The first-order valence-electron chi connectivity index (χ1n) is 20.0. The molecular weight excluding hydrogens is 751 g/mol. The van der Waals surface area contributed by atoms with Crippen molar-refractivity contribution in [1.82, 2.24) is 19.5 Å². The lowest BCUT2D eigenvalue weighted by Crippen LogP contribution is -2.38. The summed E-state index contributed by atoms with van der Waals surface area (Å²) in [5.74, 6) is 2.04. The van der Waals surface area contributed by atoms with Gasteiger partial charge in [0.2, 0.25) is 0 Å². The van der Waals surface area contributed by atoms with E-state index in [1.807, 2.05) is 114 Å². The van der Waals surface area contributed by atoms with E-state index in [0.29, 0.717) is 23.4 Å². The van der Waals surface area contributed by atoms with Gasteiger partial charge < -0.3 is 29.4 Å². The van der Waals surface area contributed by atoms with Gasteiger partial charge in [0.25, 0.3) is 0 Å². The molecule has 2 N–H and O–H groups in total. The summed E-state index contributed by atoms with van der Waals surface area (Å²) in [6.07, 6.45) is 1.50. The minimum absolute atomic E-state index is 0.0977. The van der Waals surface area contributed by atoms with E-state index in [4.69, 9.17) is 33.9 Å². The number of fused-ring (bicyclic) bond motifs is 1. The zero-order chi connectivity index (χ0) is 40.9. The molecule has 60 heavy (non-hydrogen) atoms. The van der Waals surface area contributed by atoms with Crippen molar-refractivity contribution in [2.24, 2.45) is 0 Å². The minimum atomic E-state index is -1.01. The van der Waals surface area contributed by atoms with Crippen LogP contribution >= 0.6 is 0 Å². The maximum absolute atomic E-state index is 11.6. The largest absolute Gasteiger partial charge is 0.497 e. The Morgan fingerprint density at radius 1 is 0.617 bits per heavy atom. The Kier molecular flexibility index (Phi) is 10.8. The van der Waals surface area contributed by atoms with Crippen LogP contribution in [0.25, 0.3) is 11.2 Å². The topological polar surface area (TPSA) is 113 Å². The smallest absolute Gasteiger partial charge is 0.167 e. The number of methoxy groups -OCH3 is 2. The monoisotopic (exact) mass is 795 g/mol. The quantitative estimate of drug-likeness (QED) is 0.104. The molecule has 1 aliphatic rings. The highest BCUT2D eigenvalue weighted by molar-refractivity contribution is 5.84. The predicted octanol–water partition coefficient (Wildman–Crippen LogP) is 8.90. The van der Waals surface area contributed by atoms with E-state index in [0.717, 1.165) is 44.9 Å². The van der Waals surface area contributed by atoms with Gasteiger partial charge in [0.15, 0.2) is 17.0 Å². The predicted molar refractivity (Wildman–Crippen MR) is 231 cm³/mol. The van der Waals surface area contributed by atoms with Gasteiger partial charge in [-0.15, -0.1) is 0 Å². The third kappa shape index (κ3) is 7.04. The molecule has 0 amide bonds. The van der Waals surface area contributed by atoms with E-state index >= 15 is 0 Å². The highest BCUT2D eigenvalue weighted by Crippen LogP contribution is 2.44. The summed E-state index contributed by atoms with van der Waals surface area (Å²) in [5, 5.41) is 15.5. The SMILES string of the molecule is COc1ccc(C(Nc2ncnc3c2ncn3[C@@H]2C[C@@H](O)[C@H](COC(c3ccccc3)(c3ccccc3)c3ccc(OC)cc3)O2)(c2ccccc2)c2ccccc2)cc1. The fraction of sp³-hybridized carbons (Fsp3) is 0.180. The highest BCUT2D eigenvalue weighted by Gasteiger charge is 2.43. The van der Waals surface area contributed by atoms with Gasteiger partial charge in [0.05, 0.1) is 33.3 Å². The van der Waals surface area contributed by atoms with Crippen LogP contribution in [0.4, 0.5) is 5.82 Å². The second kappa shape index (κ2) is 16.8. The summed E-state index contributed by atoms with van der Waals surface area (Å²) < 4.78 is 26.7. The summed E-state index contributed by atoms with van der Waals surface area (Å²) in [4.78, 5) is 14.4. The fourth-order valence-electron chi connectivity index (χ4n) is 8.43. The van der Waals surface area contributed by atoms with Gasteiger partial charge >= 0.3 is 0 Å². The van der Waals surface area contributed by atoms with Crippen molar-refractivity contribution in [3.05, 3.63) is 216 Å². The molecule has 10 heteroatoms. The van der Waals surface area contributed by atoms with Gasteiger partial charge in [-0.25, -0.2) is 15.0 Å². The van der Waals surface area contributed by atoms with Gasteiger partial charge in [-0.3, -0.25) is 4.57 Å². The Balaban J connectivity index is 1.05. The molecule has 1 saturated heterocycles. The van der Waals surface area contributed by atoms with Gasteiger partial charge in [-0.1, -0.05) is 146 Å². The van der Waals surface area contributed by atoms with Crippen LogP contribution in [0.5, 0.6) is 11.5 Å². The number of aromatic nitrogens is 4. The summed E-state index contributed by atoms with van der Waals surface area (Å²) in [6.45, 7) is 0.0977. The van der Waals surface area contributed by atoms with Crippen LogP contribution in [0.3, 0.4) is 0 Å². The highest BCUT2D eigenvalue weighted by atomic mass is 16.6. The molecule has 1 fully saturated rings. The molecule has 0 saturated carbocycles. The molecule has 9 rings (SSSR count). The number of hydrogen-bond donors (Lipinski definition) is 2. The van der Waals surface area contributed by atoms with Crippen LogP contribution in [0.15, 0.2) is 183 Å². The number of rotatable bonds is 14. The molecule has 10 nitrogen and oxygen atoms in total. The van der Waals surface area contributed by atoms with E-state index in [9.17, 15) is 5.11 Å². The van der Waals surface area contributed by atoms with Crippen molar-refractivity contribution in [3.8, 4) is 11.5 Å². The van der Waals surface area contributed by atoms with E-state index in [-0.39, 0.29) is 6.61 Å². The van der Waals surface area contributed by atoms with Crippen molar-refractivity contribution < 1.29 is 24.1 Å². The second-order valence-corrected chi connectivity index (χ2v) is 14.8. The maximum atomic E-state index is 11.6. The average molecular weight is 796 g/mol. The van der Waals surface area contributed by atoms with Crippen molar-refractivity contribution in [3.63, 3.8) is 0 Å². The lowest BCUT2D eigenvalue weighted by molar-refractivity contribution is -0.0930. The lowest BCUT2D eigenvalue weighted by atomic mass is 9.77. The van der Waals surface area contributed by atoms with Crippen molar-refractivity contribution in [2.45, 2.75) is 36.0 Å². The molecule has 0 unspecified atom stereocenters. The number of imidazole rings is 1.